The zero-order chi connectivity index (χ0) is 15.1. The maximum absolute atomic E-state index is 11.6. The van der Waals surface area contributed by atoms with Gasteiger partial charge in [-0.25, -0.2) is 4.98 Å². The van der Waals surface area contributed by atoms with E-state index in [1.54, 1.807) is 12.3 Å². The second kappa shape index (κ2) is 7.84. The lowest BCUT2D eigenvalue weighted by molar-refractivity contribution is -0.121. The smallest absolute Gasteiger partial charge is 0.220 e. The summed E-state index contributed by atoms with van der Waals surface area (Å²) in [6, 6.07) is 7.44. The maximum atomic E-state index is 11.6. The van der Waals surface area contributed by atoms with E-state index in [1.807, 2.05) is 18.2 Å². The fraction of sp³-hybridized carbons (Fsp3) is 0.375. The van der Waals surface area contributed by atoms with E-state index in [9.17, 15) is 4.79 Å². The lowest BCUT2D eigenvalue weighted by Crippen LogP contribution is -2.24. The molecule has 0 saturated heterocycles. The number of unbranched alkanes of at least 4 members (excludes halogenated alkanes) is 1. The van der Waals surface area contributed by atoms with Crippen LogP contribution in [0.3, 0.4) is 0 Å². The van der Waals surface area contributed by atoms with Gasteiger partial charge in [0.2, 0.25) is 5.91 Å². The molecule has 0 aliphatic rings. The Bertz CT molecular complexity index is 595. The van der Waals surface area contributed by atoms with Gasteiger partial charge in [-0.1, -0.05) is 37.1 Å². The van der Waals surface area contributed by atoms with Crippen molar-refractivity contribution < 1.29 is 9.21 Å². The van der Waals surface area contributed by atoms with Gasteiger partial charge in [-0.2, -0.15) is 0 Å². The average molecular weight is 307 g/mol. The molecule has 1 aromatic carbocycles. The summed E-state index contributed by atoms with van der Waals surface area (Å²) in [6.07, 6.45) is 4.59. The van der Waals surface area contributed by atoms with Crippen LogP contribution in [0.25, 0.3) is 11.3 Å². The first-order chi connectivity index (χ1) is 10.2. The van der Waals surface area contributed by atoms with Crippen LogP contribution in [-0.4, -0.2) is 17.4 Å². The molecule has 0 radical (unpaired) electrons. The Labute approximate surface area is 129 Å². The van der Waals surface area contributed by atoms with E-state index >= 15 is 0 Å². The minimum atomic E-state index is 0.0287. The number of oxazole rings is 1. The Balaban J connectivity index is 1.89. The highest BCUT2D eigenvalue weighted by molar-refractivity contribution is 6.33. The second-order valence-electron chi connectivity index (χ2n) is 4.80. The van der Waals surface area contributed by atoms with Crippen LogP contribution < -0.4 is 5.32 Å². The van der Waals surface area contributed by atoms with Gasteiger partial charge < -0.3 is 9.73 Å². The predicted molar refractivity (Wildman–Crippen MR) is 83.2 cm³/mol. The van der Waals surface area contributed by atoms with Gasteiger partial charge in [0.1, 0.15) is 0 Å². The normalized spacial score (nSPS) is 10.6. The van der Waals surface area contributed by atoms with Crippen LogP contribution in [0.1, 0.15) is 32.1 Å². The zero-order valence-electron chi connectivity index (χ0n) is 12.1. The molecule has 0 aliphatic heterocycles. The molecule has 21 heavy (non-hydrogen) atoms. The number of aryl methyl sites for hydroxylation is 1. The number of rotatable bonds is 7. The van der Waals surface area contributed by atoms with Gasteiger partial charge in [0.25, 0.3) is 0 Å². The van der Waals surface area contributed by atoms with E-state index in [2.05, 4.69) is 17.2 Å². The molecule has 1 aromatic heterocycles. The fourth-order valence-corrected chi connectivity index (χ4v) is 2.15. The van der Waals surface area contributed by atoms with Crippen molar-refractivity contribution in [3.05, 3.63) is 41.4 Å². The molecule has 0 fully saturated rings. The number of halogens is 1. The van der Waals surface area contributed by atoms with Gasteiger partial charge in [-0.15, -0.1) is 0 Å². The molecular weight excluding hydrogens is 288 g/mol. The number of amides is 1. The van der Waals surface area contributed by atoms with Crippen molar-refractivity contribution in [3.63, 3.8) is 0 Å². The summed E-state index contributed by atoms with van der Waals surface area (Å²) in [7, 11) is 0. The largest absolute Gasteiger partial charge is 0.441 e. The van der Waals surface area contributed by atoms with Crippen molar-refractivity contribution in [2.24, 2.45) is 0 Å². The molecule has 0 unspecified atom stereocenters. The average Bonchev–Trinajstić information content (AvgIpc) is 2.94. The summed E-state index contributed by atoms with van der Waals surface area (Å²) in [5, 5.41) is 3.49. The number of benzene rings is 1. The zero-order valence-corrected chi connectivity index (χ0v) is 12.8. The lowest BCUT2D eigenvalue weighted by Gasteiger charge is -2.02. The Hall–Kier alpha value is -1.81. The summed E-state index contributed by atoms with van der Waals surface area (Å²) >= 11 is 6.11. The van der Waals surface area contributed by atoms with E-state index in [0.29, 0.717) is 29.5 Å². The molecule has 2 rings (SSSR count). The standard InChI is InChI=1S/C16H19ClN2O2/c1-2-3-10-18-15(20)8-9-16-19-11-14(21-16)12-6-4-5-7-13(12)17/h4-7,11H,2-3,8-10H2,1H3,(H,18,20). The highest BCUT2D eigenvalue weighted by Crippen LogP contribution is 2.28. The number of nitrogens with one attached hydrogen (secondary N) is 1. The summed E-state index contributed by atoms with van der Waals surface area (Å²) < 4.78 is 5.65. The van der Waals surface area contributed by atoms with Crippen molar-refractivity contribution in [1.29, 1.82) is 0 Å². The van der Waals surface area contributed by atoms with Crippen LogP contribution in [0.2, 0.25) is 5.02 Å². The SMILES string of the molecule is CCCCNC(=O)CCc1ncc(-c2ccccc2Cl)o1. The van der Waals surface area contributed by atoms with Crippen molar-refractivity contribution in [2.75, 3.05) is 6.54 Å². The van der Waals surface area contributed by atoms with E-state index < -0.39 is 0 Å². The summed E-state index contributed by atoms with van der Waals surface area (Å²) in [6.45, 7) is 2.82. The molecule has 1 N–H and O–H groups in total. The first-order valence-corrected chi connectivity index (χ1v) is 7.54. The first kappa shape index (κ1) is 15.6. The van der Waals surface area contributed by atoms with Gasteiger partial charge in [0, 0.05) is 24.9 Å². The molecule has 0 aliphatic carbocycles. The van der Waals surface area contributed by atoms with E-state index in [1.165, 1.54) is 0 Å². The Morgan fingerprint density at radius 2 is 2.19 bits per heavy atom. The molecule has 0 saturated carbocycles. The quantitative estimate of drug-likeness (QED) is 0.791. The summed E-state index contributed by atoms with van der Waals surface area (Å²) in [4.78, 5) is 15.8. The molecule has 1 amide bonds. The lowest BCUT2D eigenvalue weighted by atomic mass is 10.2. The highest BCUT2D eigenvalue weighted by Gasteiger charge is 2.10. The molecule has 5 heteroatoms. The summed E-state index contributed by atoms with van der Waals surface area (Å²) in [5.41, 5.74) is 0.810. The van der Waals surface area contributed by atoms with E-state index in [0.717, 1.165) is 24.9 Å². The van der Waals surface area contributed by atoms with Gasteiger partial charge in [-0.05, 0) is 18.6 Å². The van der Waals surface area contributed by atoms with Crippen LogP contribution >= 0.6 is 11.6 Å². The Morgan fingerprint density at radius 1 is 1.38 bits per heavy atom. The number of hydrogen-bond acceptors (Lipinski definition) is 3. The first-order valence-electron chi connectivity index (χ1n) is 7.17. The third-order valence-corrected chi connectivity index (χ3v) is 3.44. The van der Waals surface area contributed by atoms with E-state index in [-0.39, 0.29) is 5.91 Å². The second-order valence-corrected chi connectivity index (χ2v) is 5.21. The van der Waals surface area contributed by atoms with Crippen molar-refractivity contribution in [3.8, 4) is 11.3 Å². The van der Waals surface area contributed by atoms with E-state index in [4.69, 9.17) is 16.0 Å². The number of hydrogen-bond donors (Lipinski definition) is 1. The van der Waals surface area contributed by atoms with Gasteiger partial charge in [0.05, 0.1) is 11.2 Å². The van der Waals surface area contributed by atoms with Crippen LogP contribution in [0.4, 0.5) is 0 Å². The molecule has 112 valence electrons. The maximum Gasteiger partial charge on any atom is 0.220 e. The molecule has 4 nitrogen and oxygen atoms in total. The fourth-order valence-electron chi connectivity index (χ4n) is 1.92. The minimum Gasteiger partial charge on any atom is -0.441 e. The number of carbonyl (C=O) groups excluding carboxylic acids is 1. The Kier molecular flexibility index (Phi) is 5.81. The van der Waals surface area contributed by atoms with Crippen LogP contribution in [0.5, 0.6) is 0 Å². The molecular formula is C16H19ClN2O2. The third-order valence-electron chi connectivity index (χ3n) is 3.11. The highest BCUT2D eigenvalue weighted by atomic mass is 35.5. The molecule has 0 atom stereocenters. The van der Waals surface area contributed by atoms with Crippen molar-refractivity contribution in [2.45, 2.75) is 32.6 Å². The topological polar surface area (TPSA) is 55.1 Å². The Morgan fingerprint density at radius 3 is 2.95 bits per heavy atom. The van der Waals surface area contributed by atoms with Crippen LogP contribution in [0, 0.1) is 0 Å². The molecule has 1 heterocycles. The van der Waals surface area contributed by atoms with Gasteiger partial charge in [-0.3, -0.25) is 4.79 Å². The number of carbonyl (C=O) groups is 1. The van der Waals surface area contributed by atoms with Crippen molar-refractivity contribution >= 4 is 17.5 Å². The van der Waals surface area contributed by atoms with Gasteiger partial charge >= 0.3 is 0 Å². The molecule has 2 aromatic rings. The van der Waals surface area contributed by atoms with Crippen LogP contribution in [-0.2, 0) is 11.2 Å². The minimum absolute atomic E-state index is 0.0287. The molecule has 0 spiro atoms. The number of nitrogens with zero attached hydrogens (tertiary/aromatic N) is 1. The molecule has 0 bridgehead atoms. The van der Waals surface area contributed by atoms with Crippen LogP contribution in [0.15, 0.2) is 34.9 Å². The predicted octanol–water partition coefficient (Wildman–Crippen LogP) is 3.84. The monoisotopic (exact) mass is 306 g/mol. The summed E-state index contributed by atoms with van der Waals surface area (Å²) in [5.74, 6) is 1.21. The third kappa shape index (κ3) is 4.60. The van der Waals surface area contributed by atoms with Crippen molar-refractivity contribution in [1.82, 2.24) is 10.3 Å². The number of aromatic nitrogens is 1. The van der Waals surface area contributed by atoms with Gasteiger partial charge in [0.15, 0.2) is 11.7 Å².